The van der Waals surface area contributed by atoms with Crippen molar-refractivity contribution in [1.29, 1.82) is 0 Å². The number of benzene rings is 2. The fraction of sp³-hybridized carbons (Fsp3) is 0.105. The molecule has 1 N–H and O–H groups in total. The van der Waals surface area contributed by atoms with Gasteiger partial charge in [0, 0.05) is 24.5 Å². The molecule has 0 saturated carbocycles. The van der Waals surface area contributed by atoms with Crippen molar-refractivity contribution in [2.24, 2.45) is 0 Å². The van der Waals surface area contributed by atoms with Gasteiger partial charge in [0.2, 0.25) is 0 Å². The average molecular weight is 359 g/mol. The van der Waals surface area contributed by atoms with Crippen LogP contribution in [0, 0.1) is 0 Å². The van der Waals surface area contributed by atoms with Crippen LogP contribution in [0.4, 0.5) is 0 Å². The van der Waals surface area contributed by atoms with E-state index in [1.807, 2.05) is 41.1 Å². The van der Waals surface area contributed by atoms with E-state index < -0.39 is 0 Å². The van der Waals surface area contributed by atoms with Gasteiger partial charge >= 0.3 is 0 Å². The van der Waals surface area contributed by atoms with E-state index in [4.69, 9.17) is 0 Å². The van der Waals surface area contributed by atoms with Crippen molar-refractivity contribution in [1.82, 2.24) is 35.1 Å². The Kier molecular flexibility index (Phi) is 4.69. The standard InChI is InChI=1S/C19H17N7O/c27-19(16-6-8-17(9-7-16)26-14-21-23-24-26)22-18(12-25-11-10-20-13-25)15-4-2-1-3-5-15/h1-11,13-14,18H,12H2,(H,22,27). The van der Waals surface area contributed by atoms with E-state index in [-0.39, 0.29) is 11.9 Å². The Morgan fingerprint density at radius 1 is 1.04 bits per heavy atom. The highest BCUT2D eigenvalue weighted by Crippen LogP contribution is 2.16. The summed E-state index contributed by atoms with van der Waals surface area (Å²) >= 11 is 0. The molecular formula is C19H17N7O. The van der Waals surface area contributed by atoms with Gasteiger partial charge in [0.15, 0.2) is 0 Å². The molecule has 1 atom stereocenters. The number of carbonyl (C=O) groups excluding carboxylic acids is 1. The molecule has 1 amide bonds. The van der Waals surface area contributed by atoms with E-state index in [1.165, 1.54) is 11.0 Å². The summed E-state index contributed by atoms with van der Waals surface area (Å²) in [4.78, 5) is 16.8. The summed E-state index contributed by atoms with van der Waals surface area (Å²) in [6.45, 7) is 0.596. The lowest BCUT2D eigenvalue weighted by molar-refractivity contribution is 0.0932. The number of rotatable bonds is 6. The van der Waals surface area contributed by atoms with Crippen molar-refractivity contribution in [3.8, 4) is 5.69 Å². The summed E-state index contributed by atoms with van der Waals surface area (Å²) in [6.07, 6.45) is 6.85. The van der Waals surface area contributed by atoms with Gasteiger partial charge in [-0.2, -0.15) is 0 Å². The Morgan fingerprint density at radius 3 is 2.52 bits per heavy atom. The molecule has 0 bridgehead atoms. The van der Waals surface area contributed by atoms with Crippen LogP contribution in [0.15, 0.2) is 79.6 Å². The van der Waals surface area contributed by atoms with Crippen LogP contribution in [0.3, 0.4) is 0 Å². The lowest BCUT2D eigenvalue weighted by Gasteiger charge is -2.20. The lowest BCUT2D eigenvalue weighted by Crippen LogP contribution is -2.31. The van der Waals surface area contributed by atoms with Crippen LogP contribution in [0.25, 0.3) is 5.69 Å². The molecule has 8 nitrogen and oxygen atoms in total. The van der Waals surface area contributed by atoms with Gasteiger partial charge in [-0.3, -0.25) is 4.79 Å². The van der Waals surface area contributed by atoms with Crippen LogP contribution in [0.2, 0.25) is 0 Å². The van der Waals surface area contributed by atoms with E-state index in [0.29, 0.717) is 12.1 Å². The van der Waals surface area contributed by atoms with Crippen molar-refractivity contribution in [2.45, 2.75) is 12.6 Å². The first-order valence-corrected chi connectivity index (χ1v) is 8.44. The van der Waals surface area contributed by atoms with E-state index in [0.717, 1.165) is 11.3 Å². The number of nitrogens with zero attached hydrogens (tertiary/aromatic N) is 6. The summed E-state index contributed by atoms with van der Waals surface area (Å²) in [6, 6.07) is 16.8. The van der Waals surface area contributed by atoms with Gasteiger partial charge in [-0.25, -0.2) is 9.67 Å². The minimum atomic E-state index is -0.174. The molecule has 1 unspecified atom stereocenters. The maximum absolute atomic E-state index is 12.8. The van der Waals surface area contributed by atoms with Gasteiger partial charge < -0.3 is 9.88 Å². The Hall–Kier alpha value is -3.81. The first-order valence-electron chi connectivity index (χ1n) is 8.44. The van der Waals surface area contributed by atoms with Crippen molar-refractivity contribution in [2.75, 3.05) is 0 Å². The number of hydrogen-bond acceptors (Lipinski definition) is 5. The first kappa shape index (κ1) is 16.6. The minimum Gasteiger partial charge on any atom is -0.343 e. The van der Waals surface area contributed by atoms with Gasteiger partial charge in [-0.1, -0.05) is 30.3 Å². The number of tetrazole rings is 1. The molecule has 0 aliphatic carbocycles. The third kappa shape index (κ3) is 3.90. The Labute approximate surface area is 155 Å². The predicted molar refractivity (Wildman–Crippen MR) is 98.0 cm³/mol. The second-order valence-electron chi connectivity index (χ2n) is 6.00. The number of hydrogen-bond donors (Lipinski definition) is 1. The molecule has 134 valence electrons. The SMILES string of the molecule is O=C(NC(Cn1ccnc1)c1ccccc1)c1ccc(-n2cnnn2)cc1. The van der Waals surface area contributed by atoms with Gasteiger partial charge in [-0.05, 0) is 40.3 Å². The van der Waals surface area contributed by atoms with Crippen molar-refractivity contribution >= 4 is 5.91 Å². The van der Waals surface area contributed by atoms with Crippen LogP contribution in [0.5, 0.6) is 0 Å². The smallest absolute Gasteiger partial charge is 0.251 e. The molecule has 0 aliphatic rings. The van der Waals surface area contributed by atoms with E-state index in [9.17, 15) is 4.79 Å². The third-order valence-electron chi connectivity index (χ3n) is 4.20. The summed E-state index contributed by atoms with van der Waals surface area (Å²) in [5.41, 5.74) is 2.39. The molecule has 27 heavy (non-hydrogen) atoms. The fourth-order valence-electron chi connectivity index (χ4n) is 2.81. The highest BCUT2D eigenvalue weighted by Gasteiger charge is 2.16. The highest BCUT2D eigenvalue weighted by atomic mass is 16.1. The molecule has 0 spiro atoms. The van der Waals surface area contributed by atoms with Crippen LogP contribution in [-0.4, -0.2) is 35.7 Å². The summed E-state index contributed by atoms with van der Waals surface area (Å²) in [7, 11) is 0. The van der Waals surface area contributed by atoms with Gasteiger partial charge in [0.05, 0.1) is 18.1 Å². The topological polar surface area (TPSA) is 90.5 Å². The Bertz CT molecular complexity index is 981. The monoisotopic (exact) mass is 359 g/mol. The van der Waals surface area contributed by atoms with Crippen LogP contribution >= 0.6 is 0 Å². The highest BCUT2D eigenvalue weighted by molar-refractivity contribution is 5.94. The van der Waals surface area contributed by atoms with Gasteiger partial charge in [0.1, 0.15) is 6.33 Å². The quantitative estimate of drug-likeness (QED) is 0.569. The molecule has 2 heterocycles. The lowest BCUT2D eigenvalue weighted by atomic mass is 10.1. The van der Waals surface area contributed by atoms with E-state index >= 15 is 0 Å². The number of aromatic nitrogens is 6. The molecular weight excluding hydrogens is 342 g/mol. The molecule has 4 rings (SSSR count). The molecule has 2 aromatic carbocycles. The molecule has 2 aromatic heterocycles. The maximum Gasteiger partial charge on any atom is 0.251 e. The third-order valence-corrected chi connectivity index (χ3v) is 4.20. The van der Waals surface area contributed by atoms with Crippen LogP contribution < -0.4 is 5.32 Å². The van der Waals surface area contributed by atoms with Gasteiger partial charge in [0.25, 0.3) is 5.91 Å². The number of imidazole rings is 1. The Morgan fingerprint density at radius 2 is 1.85 bits per heavy atom. The van der Waals surface area contributed by atoms with Gasteiger partial charge in [-0.15, -0.1) is 5.10 Å². The molecule has 0 aliphatic heterocycles. The fourth-order valence-corrected chi connectivity index (χ4v) is 2.81. The zero-order valence-electron chi connectivity index (χ0n) is 14.4. The van der Waals surface area contributed by atoms with Crippen LogP contribution in [0.1, 0.15) is 22.0 Å². The largest absolute Gasteiger partial charge is 0.343 e. The number of nitrogens with one attached hydrogen (secondary N) is 1. The molecule has 4 aromatic rings. The normalized spacial score (nSPS) is 11.9. The molecule has 0 fully saturated rings. The van der Waals surface area contributed by atoms with E-state index in [1.54, 1.807) is 36.8 Å². The zero-order chi connectivity index (χ0) is 18.5. The zero-order valence-corrected chi connectivity index (χ0v) is 14.4. The van der Waals surface area contributed by atoms with Crippen molar-refractivity contribution in [3.63, 3.8) is 0 Å². The Balaban J connectivity index is 1.52. The van der Waals surface area contributed by atoms with Crippen molar-refractivity contribution < 1.29 is 4.79 Å². The average Bonchev–Trinajstić information content (AvgIpc) is 3.42. The van der Waals surface area contributed by atoms with E-state index in [2.05, 4.69) is 25.8 Å². The summed E-state index contributed by atoms with van der Waals surface area (Å²) < 4.78 is 3.48. The second-order valence-corrected chi connectivity index (χ2v) is 6.00. The second kappa shape index (κ2) is 7.61. The maximum atomic E-state index is 12.8. The number of amides is 1. The molecule has 0 saturated heterocycles. The molecule has 8 heteroatoms. The minimum absolute atomic E-state index is 0.146. The summed E-state index contributed by atoms with van der Waals surface area (Å²) in [5, 5.41) is 14.2. The predicted octanol–water partition coefficient (Wildman–Crippen LogP) is 2.03. The van der Waals surface area contributed by atoms with Crippen LogP contribution in [-0.2, 0) is 6.54 Å². The first-order chi connectivity index (χ1) is 13.3. The summed E-state index contributed by atoms with van der Waals surface area (Å²) in [5.74, 6) is -0.146. The van der Waals surface area contributed by atoms with Crippen molar-refractivity contribution in [3.05, 3.63) is 90.8 Å². The molecule has 0 radical (unpaired) electrons. The number of carbonyl (C=O) groups is 1.